The summed E-state index contributed by atoms with van der Waals surface area (Å²) in [6.07, 6.45) is 3.75. The molecule has 1 heterocycles. The van der Waals surface area contributed by atoms with Crippen molar-refractivity contribution in [2.24, 2.45) is 11.8 Å². The van der Waals surface area contributed by atoms with E-state index in [2.05, 4.69) is 45.3 Å². The van der Waals surface area contributed by atoms with Gasteiger partial charge in [-0.1, -0.05) is 13.8 Å². The Morgan fingerprint density at radius 2 is 2.11 bits per heavy atom. The predicted molar refractivity (Wildman–Crippen MR) is 79.0 cm³/mol. The Morgan fingerprint density at radius 3 is 2.61 bits per heavy atom. The molecule has 0 radical (unpaired) electrons. The Hall–Kier alpha value is -0.410. The maximum absolute atomic E-state index is 4.78. The summed E-state index contributed by atoms with van der Waals surface area (Å²) in [6.45, 7) is 11.4. The Morgan fingerprint density at radius 1 is 1.39 bits per heavy atom. The standard InChI is InChI=1S/C15H26N2S/c1-10(2)17-15(14-16-13(5)9-18-14)7-6-11(3)12(4)8-15/h9-12,17H,6-8H2,1-5H3. The number of aromatic nitrogens is 1. The number of nitrogens with zero attached hydrogens (tertiary/aromatic N) is 1. The van der Waals surface area contributed by atoms with Gasteiger partial charge in [-0.05, 0) is 51.9 Å². The first-order valence-electron chi connectivity index (χ1n) is 7.13. The van der Waals surface area contributed by atoms with Crippen LogP contribution in [-0.2, 0) is 5.54 Å². The van der Waals surface area contributed by atoms with Gasteiger partial charge in [0.05, 0.1) is 5.54 Å². The first kappa shape index (κ1) is 14.0. The van der Waals surface area contributed by atoms with Gasteiger partial charge in [0.25, 0.3) is 0 Å². The van der Waals surface area contributed by atoms with Crippen LogP contribution < -0.4 is 5.32 Å². The summed E-state index contributed by atoms with van der Waals surface area (Å²) in [4.78, 5) is 4.78. The van der Waals surface area contributed by atoms with Gasteiger partial charge >= 0.3 is 0 Å². The van der Waals surface area contributed by atoms with Crippen LogP contribution in [0.5, 0.6) is 0 Å². The molecule has 0 amide bonds. The van der Waals surface area contributed by atoms with E-state index in [4.69, 9.17) is 4.98 Å². The molecule has 1 aromatic rings. The molecule has 0 spiro atoms. The van der Waals surface area contributed by atoms with E-state index in [9.17, 15) is 0 Å². The van der Waals surface area contributed by atoms with Gasteiger partial charge in [-0.15, -0.1) is 11.3 Å². The Balaban J connectivity index is 2.29. The molecule has 1 aliphatic rings. The van der Waals surface area contributed by atoms with Crippen LogP contribution in [0, 0.1) is 18.8 Å². The lowest BCUT2D eigenvalue weighted by molar-refractivity contribution is 0.131. The van der Waals surface area contributed by atoms with Crippen LogP contribution in [0.15, 0.2) is 5.38 Å². The highest BCUT2D eigenvalue weighted by atomic mass is 32.1. The number of hydrogen-bond donors (Lipinski definition) is 1. The maximum Gasteiger partial charge on any atom is 0.113 e. The van der Waals surface area contributed by atoms with Crippen LogP contribution in [0.25, 0.3) is 0 Å². The van der Waals surface area contributed by atoms with Crippen LogP contribution in [-0.4, -0.2) is 11.0 Å². The van der Waals surface area contributed by atoms with Crippen molar-refractivity contribution in [3.05, 3.63) is 16.1 Å². The molecule has 1 N–H and O–H groups in total. The van der Waals surface area contributed by atoms with Crippen LogP contribution in [0.2, 0.25) is 0 Å². The fourth-order valence-electron chi connectivity index (χ4n) is 3.12. The number of rotatable bonds is 3. The topological polar surface area (TPSA) is 24.9 Å². The molecule has 2 rings (SSSR count). The molecule has 1 aliphatic carbocycles. The highest BCUT2D eigenvalue weighted by Gasteiger charge is 2.41. The summed E-state index contributed by atoms with van der Waals surface area (Å²) in [7, 11) is 0. The number of hydrogen-bond acceptors (Lipinski definition) is 3. The summed E-state index contributed by atoms with van der Waals surface area (Å²) in [5, 5.41) is 7.30. The van der Waals surface area contributed by atoms with Gasteiger partial charge in [0, 0.05) is 17.1 Å². The highest BCUT2D eigenvalue weighted by Crippen LogP contribution is 2.43. The van der Waals surface area contributed by atoms with E-state index in [1.807, 2.05) is 11.3 Å². The van der Waals surface area contributed by atoms with Gasteiger partial charge in [0.15, 0.2) is 0 Å². The van der Waals surface area contributed by atoms with Crippen molar-refractivity contribution in [3.63, 3.8) is 0 Å². The van der Waals surface area contributed by atoms with Gasteiger partial charge in [0.2, 0.25) is 0 Å². The monoisotopic (exact) mass is 266 g/mol. The van der Waals surface area contributed by atoms with Crippen LogP contribution in [0.4, 0.5) is 0 Å². The number of nitrogens with one attached hydrogen (secondary N) is 1. The van der Waals surface area contributed by atoms with E-state index in [1.54, 1.807) is 0 Å². The van der Waals surface area contributed by atoms with Crippen LogP contribution in [0.1, 0.15) is 57.7 Å². The average molecular weight is 266 g/mol. The lowest BCUT2D eigenvalue weighted by atomic mass is 9.71. The fraction of sp³-hybridized carbons (Fsp3) is 0.800. The summed E-state index contributed by atoms with van der Waals surface area (Å²) in [6, 6.07) is 0.509. The SMILES string of the molecule is Cc1csc(C2(NC(C)C)CCC(C)C(C)C2)n1. The molecule has 0 saturated heterocycles. The molecule has 1 aromatic heterocycles. The lowest BCUT2D eigenvalue weighted by Crippen LogP contribution is -2.50. The normalized spacial score (nSPS) is 33.0. The van der Waals surface area contributed by atoms with Crippen molar-refractivity contribution in [2.75, 3.05) is 0 Å². The molecule has 18 heavy (non-hydrogen) atoms. The Kier molecular flexibility index (Phi) is 4.12. The lowest BCUT2D eigenvalue weighted by Gasteiger charge is -2.43. The zero-order chi connectivity index (χ0) is 13.3. The second-order valence-electron chi connectivity index (χ2n) is 6.37. The fourth-order valence-corrected chi connectivity index (χ4v) is 4.13. The van der Waals surface area contributed by atoms with E-state index in [0.29, 0.717) is 6.04 Å². The second-order valence-corrected chi connectivity index (χ2v) is 7.23. The molecule has 0 bridgehead atoms. The molecular formula is C15H26N2S. The highest BCUT2D eigenvalue weighted by molar-refractivity contribution is 7.09. The van der Waals surface area contributed by atoms with Crippen LogP contribution >= 0.6 is 11.3 Å². The third-order valence-electron chi connectivity index (χ3n) is 4.26. The van der Waals surface area contributed by atoms with E-state index < -0.39 is 0 Å². The molecule has 3 heteroatoms. The molecule has 0 aliphatic heterocycles. The molecular weight excluding hydrogens is 240 g/mol. The number of thiazole rings is 1. The second kappa shape index (κ2) is 5.30. The van der Waals surface area contributed by atoms with Crippen molar-refractivity contribution in [2.45, 2.75) is 65.5 Å². The summed E-state index contributed by atoms with van der Waals surface area (Å²) >= 11 is 1.83. The predicted octanol–water partition coefficient (Wildman–Crippen LogP) is 4.10. The van der Waals surface area contributed by atoms with Gasteiger partial charge in [-0.25, -0.2) is 4.98 Å². The first-order valence-corrected chi connectivity index (χ1v) is 8.01. The molecule has 2 nitrogen and oxygen atoms in total. The van der Waals surface area contributed by atoms with Gasteiger partial charge in [-0.3, -0.25) is 0 Å². The van der Waals surface area contributed by atoms with Gasteiger partial charge < -0.3 is 5.32 Å². The van der Waals surface area contributed by atoms with Crippen molar-refractivity contribution < 1.29 is 0 Å². The minimum Gasteiger partial charge on any atom is -0.303 e. The molecule has 1 fully saturated rings. The first-order chi connectivity index (χ1) is 8.43. The summed E-state index contributed by atoms with van der Waals surface area (Å²) < 4.78 is 0. The van der Waals surface area contributed by atoms with E-state index in [1.165, 1.54) is 24.3 Å². The summed E-state index contributed by atoms with van der Waals surface area (Å²) in [5.41, 5.74) is 1.28. The van der Waals surface area contributed by atoms with Crippen molar-refractivity contribution >= 4 is 11.3 Å². The minimum atomic E-state index is 0.124. The third kappa shape index (κ3) is 2.77. The Labute approximate surface area is 115 Å². The Bertz CT molecular complexity index is 399. The summed E-state index contributed by atoms with van der Waals surface area (Å²) in [5.74, 6) is 1.61. The zero-order valence-corrected chi connectivity index (χ0v) is 13.1. The van der Waals surface area contributed by atoms with Crippen molar-refractivity contribution in [1.82, 2.24) is 10.3 Å². The van der Waals surface area contributed by atoms with Crippen molar-refractivity contribution in [3.8, 4) is 0 Å². The smallest absolute Gasteiger partial charge is 0.113 e. The largest absolute Gasteiger partial charge is 0.303 e. The molecule has 102 valence electrons. The van der Waals surface area contributed by atoms with Crippen LogP contribution in [0.3, 0.4) is 0 Å². The van der Waals surface area contributed by atoms with Gasteiger partial charge in [0.1, 0.15) is 5.01 Å². The maximum atomic E-state index is 4.78. The third-order valence-corrected chi connectivity index (χ3v) is 5.43. The molecule has 0 aromatic carbocycles. The average Bonchev–Trinajstić information content (AvgIpc) is 2.70. The molecule has 3 unspecified atom stereocenters. The van der Waals surface area contributed by atoms with Crippen molar-refractivity contribution in [1.29, 1.82) is 0 Å². The zero-order valence-electron chi connectivity index (χ0n) is 12.3. The minimum absolute atomic E-state index is 0.124. The van der Waals surface area contributed by atoms with E-state index >= 15 is 0 Å². The van der Waals surface area contributed by atoms with E-state index in [0.717, 1.165) is 17.5 Å². The van der Waals surface area contributed by atoms with E-state index in [-0.39, 0.29) is 5.54 Å². The quantitative estimate of drug-likeness (QED) is 0.891. The molecule has 1 saturated carbocycles. The van der Waals surface area contributed by atoms with Gasteiger partial charge in [-0.2, -0.15) is 0 Å². The number of aryl methyl sites for hydroxylation is 1. The molecule has 3 atom stereocenters.